The summed E-state index contributed by atoms with van der Waals surface area (Å²) in [4.78, 5) is 12.9. The number of nitrogens with one attached hydrogen (secondary N) is 1. The van der Waals surface area contributed by atoms with Crippen LogP contribution in [0, 0.1) is 0 Å². The van der Waals surface area contributed by atoms with Gasteiger partial charge in [0.05, 0.1) is 18.1 Å². The van der Waals surface area contributed by atoms with Gasteiger partial charge < -0.3 is 10.1 Å². The maximum atomic E-state index is 12.9. The summed E-state index contributed by atoms with van der Waals surface area (Å²) in [5.41, 5.74) is 1.75. The number of carbonyl (C=O) groups excluding carboxylic acids is 1. The van der Waals surface area contributed by atoms with Crippen molar-refractivity contribution in [3.05, 3.63) is 64.7 Å². The SMILES string of the molecule is O=C(N[C@H]1CCOc2ccccc21)C1(c2ccc(Cl)cc2)CC1. The van der Waals surface area contributed by atoms with Gasteiger partial charge in [-0.3, -0.25) is 4.79 Å². The van der Waals surface area contributed by atoms with Gasteiger partial charge in [0.1, 0.15) is 5.75 Å². The van der Waals surface area contributed by atoms with Crippen molar-refractivity contribution >= 4 is 17.5 Å². The quantitative estimate of drug-likeness (QED) is 0.925. The first-order valence-corrected chi connectivity index (χ1v) is 8.36. The van der Waals surface area contributed by atoms with Gasteiger partial charge in [0.2, 0.25) is 5.91 Å². The summed E-state index contributed by atoms with van der Waals surface area (Å²) >= 11 is 5.96. The van der Waals surface area contributed by atoms with Gasteiger partial charge in [-0.1, -0.05) is 41.9 Å². The first-order valence-electron chi connectivity index (χ1n) is 7.98. The molecule has 2 aromatic carbocycles. The van der Waals surface area contributed by atoms with E-state index in [0.29, 0.717) is 11.6 Å². The van der Waals surface area contributed by atoms with Gasteiger partial charge in [0.15, 0.2) is 0 Å². The van der Waals surface area contributed by atoms with E-state index in [4.69, 9.17) is 16.3 Å². The normalized spacial score (nSPS) is 21.0. The maximum Gasteiger partial charge on any atom is 0.231 e. The number of hydrogen-bond donors (Lipinski definition) is 1. The Hall–Kier alpha value is -2.00. The third-order valence-corrected chi connectivity index (χ3v) is 5.10. The molecule has 1 amide bonds. The van der Waals surface area contributed by atoms with Gasteiger partial charge in [-0.05, 0) is 36.6 Å². The first kappa shape index (κ1) is 14.6. The third-order valence-electron chi connectivity index (χ3n) is 4.85. The minimum absolute atomic E-state index is 0.0252. The molecule has 3 nitrogen and oxygen atoms in total. The van der Waals surface area contributed by atoms with E-state index in [1.165, 1.54) is 0 Å². The highest BCUT2D eigenvalue weighted by Gasteiger charge is 2.51. The summed E-state index contributed by atoms with van der Waals surface area (Å²) in [6, 6.07) is 15.6. The Labute approximate surface area is 140 Å². The van der Waals surface area contributed by atoms with E-state index in [-0.39, 0.29) is 17.4 Å². The molecule has 118 valence electrons. The number of amides is 1. The summed E-state index contributed by atoms with van der Waals surface area (Å²) < 4.78 is 5.67. The molecule has 0 spiro atoms. The fraction of sp³-hybridized carbons (Fsp3) is 0.316. The minimum Gasteiger partial charge on any atom is -0.493 e. The number of para-hydroxylation sites is 1. The van der Waals surface area contributed by atoms with E-state index in [1.807, 2.05) is 48.5 Å². The molecule has 1 atom stereocenters. The monoisotopic (exact) mass is 327 g/mol. The number of halogens is 1. The lowest BCUT2D eigenvalue weighted by atomic mass is 9.93. The molecule has 4 heteroatoms. The number of fused-ring (bicyclic) bond motifs is 1. The van der Waals surface area contributed by atoms with Crippen LogP contribution in [0.25, 0.3) is 0 Å². The summed E-state index contributed by atoms with van der Waals surface area (Å²) in [6.45, 7) is 0.635. The zero-order chi connectivity index (χ0) is 15.9. The fourth-order valence-corrected chi connectivity index (χ4v) is 3.46. The highest BCUT2D eigenvalue weighted by atomic mass is 35.5. The van der Waals surface area contributed by atoms with E-state index in [2.05, 4.69) is 5.32 Å². The highest BCUT2D eigenvalue weighted by molar-refractivity contribution is 6.30. The first-order chi connectivity index (χ1) is 11.2. The van der Waals surface area contributed by atoms with Crippen LogP contribution in [-0.4, -0.2) is 12.5 Å². The van der Waals surface area contributed by atoms with E-state index < -0.39 is 0 Å². The van der Waals surface area contributed by atoms with Crippen LogP contribution in [0.15, 0.2) is 48.5 Å². The molecule has 23 heavy (non-hydrogen) atoms. The zero-order valence-corrected chi connectivity index (χ0v) is 13.5. The molecule has 0 aromatic heterocycles. The van der Waals surface area contributed by atoms with Crippen LogP contribution >= 0.6 is 11.6 Å². The summed E-state index contributed by atoms with van der Waals surface area (Å²) in [6.07, 6.45) is 2.59. The van der Waals surface area contributed by atoms with Crippen molar-refractivity contribution < 1.29 is 9.53 Å². The molecule has 1 N–H and O–H groups in total. The molecular formula is C19H18ClNO2. The van der Waals surface area contributed by atoms with Gasteiger partial charge in [0.25, 0.3) is 0 Å². The Morgan fingerprint density at radius 1 is 1.13 bits per heavy atom. The highest BCUT2D eigenvalue weighted by Crippen LogP contribution is 2.49. The molecule has 1 fully saturated rings. The van der Waals surface area contributed by atoms with Crippen molar-refractivity contribution in [3.63, 3.8) is 0 Å². The lowest BCUT2D eigenvalue weighted by Crippen LogP contribution is -2.39. The minimum atomic E-state index is -0.377. The van der Waals surface area contributed by atoms with Gasteiger partial charge in [-0.2, -0.15) is 0 Å². The lowest BCUT2D eigenvalue weighted by Gasteiger charge is -2.28. The zero-order valence-electron chi connectivity index (χ0n) is 12.7. The van der Waals surface area contributed by atoms with Crippen LogP contribution < -0.4 is 10.1 Å². The predicted molar refractivity (Wildman–Crippen MR) is 89.8 cm³/mol. The molecule has 0 bridgehead atoms. The van der Waals surface area contributed by atoms with E-state index in [1.54, 1.807) is 0 Å². The molecule has 1 aliphatic carbocycles. The molecule has 2 aliphatic rings. The summed E-state index contributed by atoms with van der Waals surface area (Å²) in [7, 11) is 0. The second-order valence-electron chi connectivity index (χ2n) is 6.29. The molecule has 1 saturated carbocycles. The maximum absolute atomic E-state index is 12.9. The number of rotatable bonds is 3. The number of ether oxygens (including phenoxy) is 1. The van der Waals surface area contributed by atoms with Crippen molar-refractivity contribution in [2.45, 2.75) is 30.7 Å². The van der Waals surface area contributed by atoms with Gasteiger partial charge in [-0.25, -0.2) is 0 Å². The van der Waals surface area contributed by atoms with Gasteiger partial charge in [-0.15, -0.1) is 0 Å². The molecule has 4 rings (SSSR count). The molecule has 1 heterocycles. The Kier molecular flexibility index (Phi) is 3.53. The second-order valence-corrected chi connectivity index (χ2v) is 6.73. The van der Waals surface area contributed by atoms with Gasteiger partial charge in [0, 0.05) is 17.0 Å². The van der Waals surface area contributed by atoms with Crippen LogP contribution in [0.5, 0.6) is 5.75 Å². The third kappa shape index (κ3) is 2.59. The molecular weight excluding hydrogens is 310 g/mol. The van der Waals surface area contributed by atoms with Crippen LogP contribution in [0.1, 0.15) is 36.4 Å². The molecule has 1 aliphatic heterocycles. The van der Waals surface area contributed by atoms with Crippen LogP contribution in [0.3, 0.4) is 0 Å². The molecule has 0 radical (unpaired) electrons. The molecule has 2 aromatic rings. The fourth-order valence-electron chi connectivity index (χ4n) is 3.33. The lowest BCUT2D eigenvalue weighted by molar-refractivity contribution is -0.124. The average molecular weight is 328 g/mol. The second kappa shape index (κ2) is 5.57. The van der Waals surface area contributed by atoms with Crippen LogP contribution in [0.2, 0.25) is 5.02 Å². The van der Waals surface area contributed by atoms with Gasteiger partial charge >= 0.3 is 0 Å². The van der Waals surface area contributed by atoms with Crippen molar-refractivity contribution in [1.82, 2.24) is 5.32 Å². The standard InChI is InChI=1S/C19H18ClNO2/c20-14-7-5-13(6-8-14)19(10-11-19)18(22)21-16-9-12-23-17-4-2-1-3-15(16)17/h1-8,16H,9-12H2,(H,21,22)/t16-/m0/s1. The van der Waals surface area contributed by atoms with Crippen molar-refractivity contribution in [2.24, 2.45) is 0 Å². The number of carbonyl (C=O) groups is 1. The average Bonchev–Trinajstić information content (AvgIpc) is 3.38. The van der Waals surface area contributed by atoms with Crippen LogP contribution in [-0.2, 0) is 10.2 Å². The Bertz CT molecular complexity index is 737. The van der Waals surface area contributed by atoms with E-state index in [9.17, 15) is 4.79 Å². The summed E-state index contributed by atoms with van der Waals surface area (Å²) in [5, 5.41) is 3.94. The largest absolute Gasteiger partial charge is 0.493 e. The predicted octanol–water partition coefficient (Wildman–Crippen LogP) is 4.01. The Morgan fingerprint density at radius 3 is 2.61 bits per heavy atom. The molecule has 0 unspecified atom stereocenters. The topological polar surface area (TPSA) is 38.3 Å². The van der Waals surface area contributed by atoms with Crippen molar-refractivity contribution in [1.29, 1.82) is 0 Å². The Morgan fingerprint density at radius 2 is 1.87 bits per heavy atom. The number of benzene rings is 2. The molecule has 0 saturated heterocycles. The smallest absolute Gasteiger partial charge is 0.231 e. The van der Waals surface area contributed by atoms with E-state index >= 15 is 0 Å². The number of hydrogen-bond acceptors (Lipinski definition) is 2. The van der Waals surface area contributed by atoms with Crippen molar-refractivity contribution in [2.75, 3.05) is 6.61 Å². The van der Waals surface area contributed by atoms with Crippen LogP contribution in [0.4, 0.5) is 0 Å². The Balaban J connectivity index is 1.56. The van der Waals surface area contributed by atoms with Crippen molar-refractivity contribution in [3.8, 4) is 5.75 Å². The summed E-state index contributed by atoms with van der Waals surface area (Å²) in [5.74, 6) is 0.988. The van der Waals surface area contributed by atoms with E-state index in [0.717, 1.165) is 36.1 Å².